The van der Waals surface area contributed by atoms with Gasteiger partial charge >= 0.3 is 0 Å². The number of nitrogens with zero attached hydrogens (tertiary/aromatic N) is 1. The van der Waals surface area contributed by atoms with Gasteiger partial charge in [0.25, 0.3) is 5.69 Å². The Bertz CT molecular complexity index is 900. The first-order valence-corrected chi connectivity index (χ1v) is 9.44. The summed E-state index contributed by atoms with van der Waals surface area (Å²) in [5, 5.41) is 15.0. The molecule has 0 amide bonds. The molecule has 2 aromatic carbocycles. The molecule has 0 unspecified atom stereocenters. The molecule has 0 aliphatic rings. The minimum absolute atomic E-state index is 0.109. The van der Waals surface area contributed by atoms with Crippen LogP contribution in [0.1, 0.15) is 18.5 Å². The highest BCUT2D eigenvalue weighted by Crippen LogP contribution is 2.32. The molecule has 0 aliphatic carbocycles. The lowest BCUT2D eigenvalue weighted by Gasteiger charge is -2.16. The lowest BCUT2D eigenvalue weighted by molar-refractivity contribution is -0.384. The molecular weight excluding hydrogens is 375 g/mol. The second kappa shape index (κ2) is 6.96. The number of sulfone groups is 1. The number of hydrogen-bond acceptors (Lipinski definition) is 5. The van der Waals surface area contributed by atoms with Gasteiger partial charge in [-0.1, -0.05) is 29.3 Å². The number of anilines is 1. The lowest BCUT2D eigenvalue weighted by atomic mass is 10.1. The molecule has 0 aromatic heterocycles. The number of benzene rings is 2. The van der Waals surface area contributed by atoms with E-state index in [0.29, 0.717) is 10.0 Å². The zero-order chi connectivity index (χ0) is 18.1. The van der Waals surface area contributed by atoms with Crippen molar-refractivity contribution in [1.29, 1.82) is 0 Å². The highest BCUT2D eigenvalue weighted by Gasteiger charge is 2.20. The van der Waals surface area contributed by atoms with Gasteiger partial charge < -0.3 is 5.32 Å². The fourth-order valence-electron chi connectivity index (χ4n) is 2.11. The molecule has 0 radical (unpaired) electrons. The molecule has 128 valence electrons. The summed E-state index contributed by atoms with van der Waals surface area (Å²) in [7, 11) is -3.53. The minimum atomic E-state index is -3.53. The molecule has 1 atom stereocenters. The first-order valence-electron chi connectivity index (χ1n) is 6.79. The van der Waals surface area contributed by atoms with E-state index in [4.69, 9.17) is 23.2 Å². The van der Waals surface area contributed by atoms with Crippen molar-refractivity contribution in [2.24, 2.45) is 0 Å². The predicted octanol–water partition coefficient (Wildman–Crippen LogP) is 4.48. The van der Waals surface area contributed by atoms with Crippen LogP contribution >= 0.6 is 23.2 Å². The summed E-state index contributed by atoms with van der Waals surface area (Å²) in [6, 6.07) is 8.50. The van der Waals surface area contributed by atoms with Gasteiger partial charge in [-0.05, 0) is 36.8 Å². The maximum absolute atomic E-state index is 11.6. The van der Waals surface area contributed by atoms with Crippen LogP contribution in [0.5, 0.6) is 0 Å². The molecular formula is C15H14Cl2N2O4S. The first kappa shape index (κ1) is 18.5. The van der Waals surface area contributed by atoms with Crippen LogP contribution < -0.4 is 5.32 Å². The second-order valence-electron chi connectivity index (χ2n) is 5.25. The largest absolute Gasteiger partial charge is 0.373 e. The van der Waals surface area contributed by atoms with Crippen LogP contribution in [0.4, 0.5) is 11.4 Å². The van der Waals surface area contributed by atoms with Gasteiger partial charge in [0.15, 0.2) is 9.84 Å². The van der Waals surface area contributed by atoms with Gasteiger partial charge in [0, 0.05) is 18.4 Å². The molecule has 0 saturated carbocycles. The van der Waals surface area contributed by atoms with Crippen LogP contribution in [0.3, 0.4) is 0 Å². The fraction of sp³-hybridized carbons (Fsp3) is 0.200. The third-order valence-electron chi connectivity index (χ3n) is 3.41. The Kier molecular flexibility index (Phi) is 5.37. The molecule has 2 rings (SSSR count). The van der Waals surface area contributed by atoms with Crippen molar-refractivity contribution in [1.82, 2.24) is 0 Å². The van der Waals surface area contributed by atoms with Gasteiger partial charge in [-0.2, -0.15) is 0 Å². The average molecular weight is 389 g/mol. The molecule has 0 fully saturated rings. The lowest BCUT2D eigenvalue weighted by Crippen LogP contribution is -2.09. The van der Waals surface area contributed by atoms with Crippen molar-refractivity contribution in [3.05, 3.63) is 62.1 Å². The number of hydrogen-bond donors (Lipinski definition) is 1. The van der Waals surface area contributed by atoms with E-state index in [9.17, 15) is 18.5 Å². The van der Waals surface area contributed by atoms with E-state index in [1.807, 2.05) is 0 Å². The molecule has 0 saturated heterocycles. The van der Waals surface area contributed by atoms with Crippen LogP contribution in [0.25, 0.3) is 0 Å². The molecule has 2 aromatic rings. The van der Waals surface area contributed by atoms with Gasteiger partial charge in [0.2, 0.25) is 0 Å². The van der Waals surface area contributed by atoms with Gasteiger partial charge in [-0.3, -0.25) is 10.1 Å². The van der Waals surface area contributed by atoms with Gasteiger partial charge in [-0.25, -0.2) is 8.42 Å². The highest BCUT2D eigenvalue weighted by atomic mass is 35.5. The van der Waals surface area contributed by atoms with Crippen molar-refractivity contribution < 1.29 is 13.3 Å². The van der Waals surface area contributed by atoms with E-state index in [1.165, 1.54) is 12.1 Å². The standard InChI is InChI=1S/C15H14Cl2N2O4S/c1-9(10-3-5-12(16)13(17)7-10)18-14-6-4-11(24(2,22)23)8-15(14)19(20)21/h3-9,18H,1-2H3/t9-/m0/s1. The van der Waals surface area contributed by atoms with E-state index in [-0.39, 0.29) is 22.3 Å². The Labute approximate surface area is 149 Å². The van der Waals surface area contributed by atoms with Gasteiger partial charge in [0.1, 0.15) is 5.69 Å². The molecule has 6 nitrogen and oxygen atoms in total. The number of nitrogens with one attached hydrogen (secondary N) is 1. The van der Waals surface area contributed by atoms with E-state index >= 15 is 0 Å². The van der Waals surface area contributed by atoms with E-state index in [2.05, 4.69) is 5.32 Å². The Morgan fingerprint density at radius 2 is 1.79 bits per heavy atom. The maximum atomic E-state index is 11.6. The summed E-state index contributed by atoms with van der Waals surface area (Å²) in [6.45, 7) is 1.80. The fourth-order valence-corrected chi connectivity index (χ4v) is 3.06. The molecule has 0 aliphatic heterocycles. The van der Waals surface area contributed by atoms with Gasteiger partial charge in [0.05, 0.1) is 19.9 Å². The SMILES string of the molecule is C[C@H](Nc1ccc(S(C)(=O)=O)cc1[N+](=O)[O-])c1ccc(Cl)c(Cl)c1. The number of halogens is 2. The van der Waals surface area contributed by atoms with Crippen LogP contribution in [0.2, 0.25) is 10.0 Å². The van der Waals surface area contributed by atoms with E-state index in [1.54, 1.807) is 25.1 Å². The average Bonchev–Trinajstić information content (AvgIpc) is 2.49. The smallest absolute Gasteiger partial charge is 0.293 e. The van der Waals surface area contributed by atoms with Crippen LogP contribution in [-0.2, 0) is 9.84 Å². The summed E-state index contributed by atoms with van der Waals surface area (Å²) in [4.78, 5) is 10.5. The summed E-state index contributed by atoms with van der Waals surface area (Å²) in [6.07, 6.45) is 0.998. The van der Waals surface area contributed by atoms with Crippen molar-refractivity contribution in [2.45, 2.75) is 17.9 Å². The summed E-state index contributed by atoms with van der Waals surface area (Å²) < 4.78 is 23.1. The molecule has 24 heavy (non-hydrogen) atoms. The maximum Gasteiger partial charge on any atom is 0.293 e. The van der Waals surface area contributed by atoms with E-state index in [0.717, 1.165) is 17.9 Å². The molecule has 0 bridgehead atoms. The van der Waals surface area contributed by atoms with Crippen LogP contribution in [0, 0.1) is 10.1 Å². The Balaban J connectivity index is 2.38. The third kappa shape index (κ3) is 4.17. The normalized spacial score (nSPS) is 12.7. The highest BCUT2D eigenvalue weighted by molar-refractivity contribution is 7.90. The predicted molar refractivity (Wildman–Crippen MR) is 94.7 cm³/mol. The topological polar surface area (TPSA) is 89.3 Å². The summed E-state index contributed by atoms with van der Waals surface area (Å²) >= 11 is 11.9. The third-order valence-corrected chi connectivity index (χ3v) is 5.26. The van der Waals surface area contributed by atoms with Crippen molar-refractivity contribution in [2.75, 3.05) is 11.6 Å². The number of nitro benzene ring substituents is 1. The van der Waals surface area contributed by atoms with Crippen LogP contribution in [-0.4, -0.2) is 19.6 Å². The quantitative estimate of drug-likeness (QED) is 0.602. The molecule has 9 heteroatoms. The zero-order valence-electron chi connectivity index (χ0n) is 12.8. The molecule has 0 spiro atoms. The summed E-state index contributed by atoms with van der Waals surface area (Å²) in [5.74, 6) is 0. The Morgan fingerprint density at radius 1 is 1.12 bits per heavy atom. The van der Waals surface area contributed by atoms with Crippen LogP contribution in [0.15, 0.2) is 41.3 Å². The minimum Gasteiger partial charge on any atom is -0.373 e. The van der Waals surface area contributed by atoms with Crippen molar-refractivity contribution in [3.63, 3.8) is 0 Å². The van der Waals surface area contributed by atoms with Crippen molar-refractivity contribution >= 4 is 44.4 Å². The number of nitro groups is 1. The monoisotopic (exact) mass is 388 g/mol. The molecule has 1 N–H and O–H groups in total. The second-order valence-corrected chi connectivity index (χ2v) is 8.08. The summed E-state index contributed by atoms with van der Waals surface area (Å²) in [5.41, 5.74) is 0.682. The zero-order valence-corrected chi connectivity index (χ0v) is 15.1. The Morgan fingerprint density at radius 3 is 2.33 bits per heavy atom. The number of rotatable bonds is 5. The Hall–Kier alpha value is -1.83. The first-order chi connectivity index (χ1) is 11.1. The van der Waals surface area contributed by atoms with Gasteiger partial charge in [-0.15, -0.1) is 0 Å². The van der Waals surface area contributed by atoms with E-state index < -0.39 is 14.8 Å². The van der Waals surface area contributed by atoms with Crippen molar-refractivity contribution in [3.8, 4) is 0 Å². The molecule has 0 heterocycles.